The van der Waals surface area contributed by atoms with E-state index in [1.165, 1.54) is 0 Å². The van der Waals surface area contributed by atoms with Crippen molar-refractivity contribution in [3.63, 3.8) is 0 Å². The maximum atomic E-state index is 11.4. The van der Waals surface area contributed by atoms with Gasteiger partial charge in [0.15, 0.2) is 11.6 Å². The van der Waals surface area contributed by atoms with Gasteiger partial charge in [0.1, 0.15) is 5.82 Å². The Bertz CT molecular complexity index is 822. The Labute approximate surface area is 158 Å². The number of nitrogens with zero attached hydrogens (tertiary/aromatic N) is 3. The van der Waals surface area contributed by atoms with Crippen LogP contribution in [0.5, 0.6) is 0 Å². The van der Waals surface area contributed by atoms with E-state index in [1.807, 2.05) is 25.1 Å². The van der Waals surface area contributed by atoms with E-state index in [0.717, 1.165) is 43.1 Å². The zero-order valence-electron chi connectivity index (χ0n) is 15.7. The van der Waals surface area contributed by atoms with Crippen LogP contribution in [-0.2, 0) is 9.47 Å². The number of benzene rings is 1. The van der Waals surface area contributed by atoms with E-state index in [2.05, 4.69) is 20.2 Å². The van der Waals surface area contributed by atoms with Gasteiger partial charge in [0, 0.05) is 48.9 Å². The molecular formula is C20H24N4O3. The summed E-state index contributed by atoms with van der Waals surface area (Å²) in [7, 11) is 0. The maximum absolute atomic E-state index is 11.4. The van der Waals surface area contributed by atoms with E-state index in [0.29, 0.717) is 24.7 Å². The van der Waals surface area contributed by atoms with Crippen molar-refractivity contribution < 1.29 is 14.3 Å². The van der Waals surface area contributed by atoms with Crippen LogP contribution >= 0.6 is 0 Å². The molecule has 0 amide bonds. The number of carbonyl (C=O) groups is 1. The first-order chi connectivity index (χ1) is 13.0. The molecule has 2 saturated heterocycles. The van der Waals surface area contributed by atoms with Crippen molar-refractivity contribution in [2.75, 3.05) is 36.5 Å². The summed E-state index contributed by atoms with van der Waals surface area (Å²) in [4.78, 5) is 22.8. The molecule has 1 N–H and O–H groups in total. The number of nitrogens with one attached hydrogen (secondary N) is 1. The number of hydrogen-bond donors (Lipinski definition) is 1. The third-order valence-electron chi connectivity index (χ3n) is 5.05. The lowest BCUT2D eigenvalue weighted by Crippen LogP contribution is -2.45. The van der Waals surface area contributed by atoms with Crippen LogP contribution in [0.3, 0.4) is 0 Å². The molecule has 2 aliphatic rings. The summed E-state index contributed by atoms with van der Waals surface area (Å²) in [6.45, 7) is 6.56. The van der Waals surface area contributed by atoms with Gasteiger partial charge in [0.05, 0.1) is 13.2 Å². The Morgan fingerprint density at radius 1 is 1.11 bits per heavy atom. The molecule has 0 atom stereocenters. The lowest BCUT2D eigenvalue weighted by Gasteiger charge is -2.38. The Morgan fingerprint density at radius 3 is 2.41 bits per heavy atom. The third-order valence-corrected chi connectivity index (χ3v) is 5.05. The second-order valence-corrected chi connectivity index (χ2v) is 7.04. The van der Waals surface area contributed by atoms with Gasteiger partial charge in [-0.15, -0.1) is 0 Å². The smallest absolute Gasteiger partial charge is 0.229 e. The first kappa shape index (κ1) is 17.9. The molecule has 0 bridgehead atoms. The molecule has 27 heavy (non-hydrogen) atoms. The van der Waals surface area contributed by atoms with Crippen molar-refractivity contribution >= 4 is 23.2 Å². The normalized spacial score (nSPS) is 18.7. The topological polar surface area (TPSA) is 76.6 Å². The average molecular weight is 368 g/mol. The molecule has 0 saturated carbocycles. The minimum atomic E-state index is -0.391. The molecule has 7 nitrogen and oxygen atoms in total. The number of rotatable bonds is 4. The van der Waals surface area contributed by atoms with Gasteiger partial charge in [-0.25, -0.2) is 4.98 Å². The Morgan fingerprint density at radius 2 is 1.78 bits per heavy atom. The van der Waals surface area contributed by atoms with Gasteiger partial charge < -0.3 is 19.7 Å². The highest BCUT2D eigenvalue weighted by Crippen LogP contribution is 2.33. The van der Waals surface area contributed by atoms with Crippen LogP contribution in [0.4, 0.5) is 17.5 Å². The number of aryl methyl sites for hydroxylation is 1. The molecular weight excluding hydrogens is 344 g/mol. The van der Waals surface area contributed by atoms with E-state index >= 15 is 0 Å². The predicted octanol–water partition coefficient (Wildman–Crippen LogP) is 3.07. The second kappa shape index (κ2) is 7.25. The maximum Gasteiger partial charge on any atom is 0.229 e. The predicted molar refractivity (Wildman–Crippen MR) is 103 cm³/mol. The summed E-state index contributed by atoms with van der Waals surface area (Å²) < 4.78 is 11.6. The zero-order chi connectivity index (χ0) is 18.9. The number of Topliss-reactive ketones (excluding diaryl/α,β-unsaturated/α-hetero) is 1. The molecule has 4 rings (SSSR count). The Hall–Kier alpha value is -2.51. The van der Waals surface area contributed by atoms with E-state index < -0.39 is 5.79 Å². The van der Waals surface area contributed by atoms with Crippen LogP contribution in [0, 0.1) is 6.92 Å². The average Bonchev–Trinajstić information content (AvgIpc) is 3.10. The van der Waals surface area contributed by atoms with Crippen molar-refractivity contribution in [3.8, 4) is 0 Å². The standard InChI is InChI=1S/C20H24N4O3/c1-14-13-18(24-9-7-20(8-10-24)26-11-12-27-20)23-19(21-14)22-17-5-3-16(4-6-17)15(2)25/h3-6,13H,7-12H2,1-2H3,(H,21,22,23). The number of hydrogen-bond acceptors (Lipinski definition) is 7. The molecule has 0 unspecified atom stereocenters. The van der Waals surface area contributed by atoms with Crippen LogP contribution in [0.15, 0.2) is 30.3 Å². The number of anilines is 3. The van der Waals surface area contributed by atoms with E-state index in [1.54, 1.807) is 19.1 Å². The molecule has 1 spiro atoms. The molecule has 0 radical (unpaired) electrons. The number of piperidine rings is 1. The second-order valence-electron chi connectivity index (χ2n) is 7.04. The van der Waals surface area contributed by atoms with Gasteiger partial charge in [-0.2, -0.15) is 4.98 Å². The largest absolute Gasteiger partial charge is 0.356 e. The van der Waals surface area contributed by atoms with E-state index in [9.17, 15) is 4.79 Å². The number of carbonyl (C=O) groups excluding carboxylic acids is 1. The van der Waals surface area contributed by atoms with Gasteiger partial charge in [-0.3, -0.25) is 4.79 Å². The first-order valence-electron chi connectivity index (χ1n) is 9.30. The number of ketones is 1. The number of aromatic nitrogens is 2. The SMILES string of the molecule is CC(=O)c1ccc(Nc2nc(C)cc(N3CCC4(CC3)OCCO4)n2)cc1. The molecule has 2 aliphatic heterocycles. The van der Waals surface area contributed by atoms with Crippen LogP contribution < -0.4 is 10.2 Å². The highest BCUT2D eigenvalue weighted by atomic mass is 16.7. The van der Waals surface area contributed by atoms with E-state index in [-0.39, 0.29) is 5.78 Å². The fourth-order valence-corrected chi connectivity index (χ4v) is 3.55. The molecule has 0 aliphatic carbocycles. The lowest BCUT2D eigenvalue weighted by molar-refractivity contribution is -0.169. The fourth-order valence-electron chi connectivity index (χ4n) is 3.55. The highest BCUT2D eigenvalue weighted by Gasteiger charge is 2.40. The van der Waals surface area contributed by atoms with Crippen molar-refractivity contribution in [2.45, 2.75) is 32.5 Å². The summed E-state index contributed by atoms with van der Waals surface area (Å²) in [5.74, 6) is 1.11. The summed E-state index contributed by atoms with van der Waals surface area (Å²) in [6, 6.07) is 9.32. The van der Waals surface area contributed by atoms with Crippen LogP contribution in [0.25, 0.3) is 0 Å². The lowest BCUT2D eigenvalue weighted by atomic mass is 10.0. The van der Waals surface area contributed by atoms with Gasteiger partial charge in [-0.05, 0) is 38.1 Å². The fraction of sp³-hybridized carbons (Fsp3) is 0.450. The summed E-state index contributed by atoms with van der Waals surface area (Å²) in [5.41, 5.74) is 2.43. The first-order valence-corrected chi connectivity index (χ1v) is 9.30. The highest BCUT2D eigenvalue weighted by molar-refractivity contribution is 5.94. The molecule has 1 aromatic heterocycles. The quantitative estimate of drug-likeness (QED) is 0.831. The minimum absolute atomic E-state index is 0.0498. The monoisotopic (exact) mass is 368 g/mol. The molecule has 7 heteroatoms. The van der Waals surface area contributed by atoms with Crippen LogP contribution in [-0.4, -0.2) is 47.8 Å². The van der Waals surface area contributed by atoms with Crippen molar-refractivity contribution in [2.24, 2.45) is 0 Å². The van der Waals surface area contributed by atoms with Gasteiger partial charge >= 0.3 is 0 Å². The molecule has 2 fully saturated rings. The summed E-state index contributed by atoms with van der Waals surface area (Å²) in [5, 5.41) is 3.23. The van der Waals surface area contributed by atoms with Crippen molar-refractivity contribution in [1.29, 1.82) is 0 Å². The molecule has 3 heterocycles. The van der Waals surface area contributed by atoms with Crippen molar-refractivity contribution in [1.82, 2.24) is 9.97 Å². The molecule has 2 aromatic rings. The Kier molecular flexibility index (Phi) is 4.80. The van der Waals surface area contributed by atoms with Gasteiger partial charge in [0.2, 0.25) is 5.95 Å². The molecule has 142 valence electrons. The van der Waals surface area contributed by atoms with E-state index in [4.69, 9.17) is 9.47 Å². The van der Waals surface area contributed by atoms with Crippen molar-refractivity contribution in [3.05, 3.63) is 41.6 Å². The minimum Gasteiger partial charge on any atom is -0.356 e. The Balaban J connectivity index is 1.47. The number of ether oxygens (including phenoxy) is 2. The summed E-state index contributed by atoms with van der Waals surface area (Å²) in [6.07, 6.45) is 1.68. The summed E-state index contributed by atoms with van der Waals surface area (Å²) >= 11 is 0. The molecule has 1 aromatic carbocycles. The zero-order valence-corrected chi connectivity index (χ0v) is 15.7. The van der Waals surface area contributed by atoms with Crippen LogP contribution in [0.1, 0.15) is 35.8 Å². The van der Waals surface area contributed by atoms with Gasteiger partial charge in [-0.1, -0.05) is 0 Å². The van der Waals surface area contributed by atoms with Gasteiger partial charge in [0.25, 0.3) is 0 Å². The van der Waals surface area contributed by atoms with Crippen LogP contribution in [0.2, 0.25) is 0 Å². The third kappa shape index (κ3) is 3.94.